The van der Waals surface area contributed by atoms with E-state index in [2.05, 4.69) is 0 Å². The fraction of sp³-hybridized carbons (Fsp3) is 1.00. The summed E-state index contributed by atoms with van der Waals surface area (Å²) in [7, 11) is 0. The SMILES string of the molecule is O=[N+]([O-])C(F)(F)C(F)Br. The van der Waals surface area contributed by atoms with Gasteiger partial charge in [0.2, 0.25) is 0 Å². The molecule has 3 nitrogen and oxygen atoms in total. The van der Waals surface area contributed by atoms with Crippen LogP contribution in [-0.2, 0) is 0 Å². The quantitative estimate of drug-likeness (QED) is 0.299. The van der Waals surface area contributed by atoms with Crippen LogP contribution >= 0.6 is 15.9 Å². The molecule has 0 fully saturated rings. The van der Waals surface area contributed by atoms with E-state index in [4.69, 9.17) is 0 Å². The van der Waals surface area contributed by atoms with Gasteiger partial charge >= 0.3 is 6.05 Å². The van der Waals surface area contributed by atoms with Crippen molar-refractivity contribution in [1.29, 1.82) is 0 Å². The summed E-state index contributed by atoms with van der Waals surface area (Å²) in [6.07, 6.45) is 0. The fourth-order valence-corrected chi connectivity index (χ4v) is 0.247. The van der Waals surface area contributed by atoms with Gasteiger partial charge in [-0.25, -0.2) is 4.39 Å². The van der Waals surface area contributed by atoms with Gasteiger partial charge in [-0.1, -0.05) is 0 Å². The lowest BCUT2D eigenvalue weighted by Gasteiger charge is -2.04. The molecule has 0 bridgehead atoms. The maximum absolute atomic E-state index is 11.5. The molecule has 0 aliphatic heterocycles. The molecule has 0 aromatic carbocycles. The molecule has 0 aromatic heterocycles. The number of alkyl halides is 4. The molecule has 9 heavy (non-hydrogen) atoms. The Morgan fingerprint density at radius 3 is 2.00 bits per heavy atom. The van der Waals surface area contributed by atoms with Crippen molar-refractivity contribution in [3.8, 4) is 0 Å². The molecule has 0 heterocycles. The highest BCUT2D eigenvalue weighted by molar-refractivity contribution is 9.09. The van der Waals surface area contributed by atoms with E-state index in [-0.39, 0.29) is 0 Å². The van der Waals surface area contributed by atoms with E-state index in [1.54, 1.807) is 15.9 Å². The lowest BCUT2D eigenvalue weighted by molar-refractivity contribution is -0.647. The number of nitro groups is 1. The van der Waals surface area contributed by atoms with Gasteiger partial charge in [0.15, 0.2) is 0 Å². The average Bonchev–Trinajstić information content (AvgIpc) is 1.65. The van der Waals surface area contributed by atoms with E-state index < -0.39 is 16.1 Å². The van der Waals surface area contributed by atoms with Crippen molar-refractivity contribution in [2.24, 2.45) is 0 Å². The first-order chi connectivity index (χ1) is 3.89. The van der Waals surface area contributed by atoms with Gasteiger partial charge in [0, 0.05) is 0 Å². The standard InChI is InChI=1S/C2HBrF3NO2/c3-1(4)2(5,6)7(8)9/h1H. The molecule has 0 aliphatic rings. The number of nitrogens with zero attached hydrogens (tertiary/aromatic N) is 1. The highest BCUT2D eigenvalue weighted by Crippen LogP contribution is 2.25. The van der Waals surface area contributed by atoms with E-state index in [0.29, 0.717) is 0 Å². The van der Waals surface area contributed by atoms with Gasteiger partial charge in [-0.2, -0.15) is 0 Å². The smallest absolute Gasteiger partial charge is 0.259 e. The molecule has 0 aliphatic carbocycles. The Kier molecular flexibility index (Phi) is 2.41. The lowest BCUT2D eigenvalue weighted by Crippen LogP contribution is -2.34. The maximum atomic E-state index is 11.5. The highest BCUT2D eigenvalue weighted by atomic mass is 79.9. The first-order valence-corrected chi connectivity index (χ1v) is 2.61. The summed E-state index contributed by atoms with van der Waals surface area (Å²) < 4.78 is 34.6. The number of hydrogen-bond acceptors (Lipinski definition) is 2. The molecule has 0 saturated carbocycles. The van der Waals surface area contributed by atoms with Crippen LogP contribution in [0.3, 0.4) is 0 Å². The zero-order valence-corrected chi connectivity index (χ0v) is 5.44. The summed E-state index contributed by atoms with van der Waals surface area (Å²) in [5.41, 5.74) is 0. The Morgan fingerprint density at radius 2 is 2.00 bits per heavy atom. The van der Waals surface area contributed by atoms with Crippen molar-refractivity contribution in [3.05, 3.63) is 10.1 Å². The van der Waals surface area contributed by atoms with Gasteiger partial charge in [0.1, 0.15) is 0 Å². The Balaban J connectivity index is 4.19. The van der Waals surface area contributed by atoms with E-state index in [9.17, 15) is 23.3 Å². The molecule has 54 valence electrons. The second-order valence-electron chi connectivity index (χ2n) is 1.15. The molecule has 0 aromatic rings. The normalized spacial score (nSPS) is 15.1. The molecular weight excluding hydrogens is 207 g/mol. The Hall–Kier alpha value is -0.330. The fourth-order valence-electron chi connectivity index (χ4n) is 0.0797. The molecule has 0 spiro atoms. The topological polar surface area (TPSA) is 43.1 Å². The van der Waals surface area contributed by atoms with E-state index in [1.165, 1.54) is 0 Å². The second kappa shape index (κ2) is 2.51. The summed E-state index contributed by atoms with van der Waals surface area (Å²) in [5, 5.41) is 6.32. The molecular formula is C2HBrF3NO2. The van der Waals surface area contributed by atoms with Crippen molar-refractivity contribution in [1.82, 2.24) is 0 Å². The van der Waals surface area contributed by atoms with E-state index in [1.807, 2.05) is 0 Å². The van der Waals surface area contributed by atoms with Crippen LogP contribution in [0, 0.1) is 10.1 Å². The number of rotatable bonds is 2. The molecule has 0 saturated heterocycles. The number of hydrogen-bond donors (Lipinski definition) is 0. The van der Waals surface area contributed by atoms with Crippen LogP contribution in [0.2, 0.25) is 0 Å². The third kappa shape index (κ3) is 1.81. The molecule has 0 amide bonds. The van der Waals surface area contributed by atoms with Crippen LogP contribution in [0.5, 0.6) is 0 Å². The zero-order valence-electron chi connectivity index (χ0n) is 3.85. The van der Waals surface area contributed by atoms with Gasteiger partial charge in [0.05, 0.1) is 4.92 Å². The highest BCUT2D eigenvalue weighted by Gasteiger charge is 2.52. The Labute approximate surface area is 56.1 Å². The summed E-state index contributed by atoms with van der Waals surface area (Å²) in [5.74, 6) is 0. The Bertz CT molecular complexity index is 127. The van der Waals surface area contributed by atoms with Crippen LogP contribution in [0.1, 0.15) is 0 Å². The molecule has 0 N–H and O–H groups in total. The molecule has 7 heteroatoms. The summed E-state index contributed by atoms with van der Waals surface area (Å²) in [6, 6.07) is -4.53. The first-order valence-electron chi connectivity index (χ1n) is 1.69. The van der Waals surface area contributed by atoms with Crippen LogP contribution in [0.4, 0.5) is 13.2 Å². The lowest BCUT2D eigenvalue weighted by atomic mass is 10.6. The van der Waals surface area contributed by atoms with Crippen LogP contribution < -0.4 is 0 Å². The predicted octanol–water partition coefficient (Wildman–Crippen LogP) is 1.55. The van der Waals surface area contributed by atoms with Crippen LogP contribution in [0.15, 0.2) is 0 Å². The first kappa shape index (κ1) is 8.67. The summed E-state index contributed by atoms with van der Waals surface area (Å²) >= 11 is 1.74. The van der Waals surface area contributed by atoms with E-state index >= 15 is 0 Å². The third-order valence-corrected chi connectivity index (χ3v) is 1.06. The van der Waals surface area contributed by atoms with Gasteiger partial charge in [-0.3, -0.25) is 10.1 Å². The van der Waals surface area contributed by atoms with Gasteiger partial charge in [-0.05, 0) is 15.9 Å². The minimum absolute atomic E-state index is 1.74. The largest absolute Gasteiger partial charge is 0.552 e. The minimum Gasteiger partial charge on any atom is -0.259 e. The van der Waals surface area contributed by atoms with Crippen molar-refractivity contribution >= 4 is 15.9 Å². The average molecular weight is 208 g/mol. The molecule has 0 rings (SSSR count). The monoisotopic (exact) mass is 207 g/mol. The van der Waals surface area contributed by atoms with Gasteiger partial charge in [-0.15, -0.1) is 8.78 Å². The number of halogens is 4. The predicted molar refractivity (Wildman–Crippen MR) is 25.8 cm³/mol. The van der Waals surface area contributed by atoms with Crippen molar-refractivity contribution in [2.45, 2.75) is 11.1 Å². The van der Waals surface area contributed by atoms with Gasteiger partial charge in [0.25, 0.3) is 5.08 Å². The molecule has 0 radical (unpaired) electrons. The molecule has 1 unspecified atom stereocenters. The van der Waals surface area contributed by atoms with Crippen molar-refractivity contribution in [3.63, 3.8) is 0 Å². The van der Waals surface area contributed by atoms with Crippen LogP contribution in [-0.4, -0.2) is 16.1 Å². The summed E-state index contributed by atoms with van der Waals surface area (Å²) in [6.45, 7) is 0. The van der Waals surface area contributed by atoms with Crippen molar-refractivity contribution in [2.75, 3.05) is 0 Å². The third-order valence-electron chi connectivity index (χ3n) is 0.506. The maximum Gasteiger partial charge on any atom is 0.552 e. The van der Waals surface area contributed by atoms with Crippen LogP contribution in [0.25, 0.3) is 0 Å². The van der Waals surface area contributed by atoms with Gasteiger partial charge < -0.3 is 0 Å². The minimum atomic E-state index is -4.53. The summed E-state index contributed by atoms with van der Waals surface area (Å²) in [4.78, 5) is 7.25. The van der Waals surface area contributed by atoms with Crippen molar-refractivity contribution < 1.29 is 18.1 Å². The second-order valence-corrected chi connectivity index (χ2v) is 1.95. The molecule has 1 atom stereocenters. The zero-order chi connectivity index (χ0) is 7.65. The van der Waals surface area contributed by atoms with E-state index in [0.717, 1.165) is 0 Å². The Morgan fingerprint density at radius 1 is 1.67 bits per heavy atom.